The van der Waals surface area contributed by atoms with Gasteiger partial charge in [0.25, 0.3) is 5.56 Å². The van der Waals surface area contributed by atoms with Crippen LogP contribution in [0.3, 0.4) is 0 Å². The van der Waals surface area contributed by atoms with E-state index in [0.717, 1.165) is 10.5 Å². The predicted octanol–water partition coefficient (Wildman–Crippen LogP) is 3.22. The van der Waals surface area contributed by atoms with E-state index < -0.39 is 11.4 Å². The molecule has 3 aromatic heterocycles. The Morgan fingerprint density at radius 3 is 2.80 bits per heavy atom. The van der Waals surface area contributed by atoms with Gasteiger partial charge in [-0.05, 0) is 30.4 Å². The molecular weight excluding hydrogens is 341 g/mol. The van der Waals surface area contributed by atoms with Gasteiger partial charge in [0.05, 0.1) is 17.2 Å². The van der Waals surface area contributed by atoms with Crippen LogP contribution >= 0.6 is 11.8 Å². The first-order valence-electron chi connectivity index (χ1n) is 7.50. The van der Waals surface area contributed by atoms with Crippen molar-refractivity contribution < 1.29 is 4.39 Å². The number of fused-ring (bicyclic) bond motifs is 2. The van der Waals surface area contributed by atoms with Crippen LogP contribution in [0.4, 0.5) is 10.1 Å². The van der Waals surface area contributed by atoms with Crippen molar-refractivity contribution in [2.24, 2.45) is 0 Å². The highest BCUT2D eigenvalue weighted by molar-refractivity contribution is 7.98. The molecule has 4 aromatic rings. The average molecular weight is 355 g/mol. The van der Waals surface area contributed by atoms with E-state index in [0.29, 0.717) is 27.5 Å². The summed E-state index contributed by atoms with van der Waals surface area (Å²) in [5, 5.41) is 7.09. The number of nitrogens with one attached hydrogen (secondary N) is 2. The van der Waals surface area contributed by atoms with E-state index in [2.05, 4.69) is 20.2 Å². The van der Waals surface area contributed by atoms with Gasteiger partial charge in [-0.25, -0.2) is 4.39 Å². The molecule has 0 fully saturated rings. The Hall–Kier alpha value is -2.87. The van der Waals surface area contributed by atoms with E-state index in [1.54, 1.807) is 24.0 Å². The van der Waals surface area contributed by atoms with Crippen LogP contribution in [0.25, 0.3) is 33.1 Å². The number of pyridine rings is 2. The van der Waals surface area contributed by atoms with Crippen LogP contribution in [0, 0.1) is 12.7 Å². The van der Waals surface area contributed by atoms with Crippen molar-refractivity contribution >= 4 is 39.4 Å². The summed E-state index contributed by atoms with van der Waals surface area (Å²) in [5.74, 6) is -0.419. The highest BCUT2D eigenvalue weighted by atomic mass is 32.2. The number of anilines is 1. The minimum atomic E-state index is -0.419. The predicted molar refractivity (Wildman–Crippen MR) is 98.3 cm³/mol. The lowest BCUT2D eigenvalue weighted by atomic mass is 9.98. The van der Waals surface area contributed by atoms with Crippen molar-refractivity contribution in [3.8, 4) is 11.1 Å². The van der Waals surface area contributed by atoms with Gasteiger partial charge in [-0.1, -0.05) is 6.07 Å². The fourth-order valence-electron chi connectivity index (χ4n) is 3.05. The molecule has 0 spiro atoms. The average Bonchev–Trinajstić information content (AvgIpc) is 3.09. The number of hydrogen-bond donors (Lipinski definition) is 3. The molecule has 0 amide bonds. The number of aromatic nitrogens is 4. The van der Waals surface area contributed by atoms with Gasteiger partial charge in [-0.2, -0.15) is 5.10 Å². The molecular formula is C17H14FN5OS. The summed E-state index contributed by atoms with van der Waals surface area (Å²) in [7, 11) is 0. The van der Waals surface area contributed by atoms with Crippen LogP contribution in [0.15, 0.2) is 34.2 Å². The van der Waals surface area contributed by atoms with Gasteiger partial charge < -0.3 is 10.7 Å². The van der Waals surface area contributed by atoms with Crippen molar-refractivity contribution in [2.75, 3.05) is 12.0 Å². The number of nitrogen functional groups attached to an aromatic ring is 1. The van der Waals surface area contributed by atoms with Gasteiger partial charge in [0.2, 0.25) is 0 Å². The molecule has 4 rings (SSSR count). The van der Waals surface area contributed by atoms with Crippen molar-refractivity contribution in [3.63, 3.8) is 0 Å². The number of hydrogen-bond acceptors (Lipinski definition) is 5. The Kier molecular flexibility index (Phi) is 3.50. The molecule has 0 aliphatic carbocycles. The van der Waals surface area contributed by atoms with Crippen molar-refractivity contribution in [1.82, 2.24) is 20.2 Å². The third kappa shape index (κ3) is 2.21. The minimum absolute atomic E-state index is 0.0467. The molecule has 0 bridgehead atoms. The topological polar surface area (TPSA) is 100 Å². The molecule has 0 atom stereocenters. The maximum atomic E-state index is 14.0. The summed E-state index contributed by atoms with van der Waals surface area (Å²) in [6, 6.07) is 2.92. The van der Waals surface area contributed by atoms with E-state index in [-0.39, 0.29) is 11.2 Å². The van der Waals surface area contributed by atoms with Crippen LogP contribution in [0.5, 0.6) is 0 Å². The summed E-state index contributed by atoms with van der Waals surface area (Å²) < 4.78 is 14.0. The summed E-state index contributed by atoms with van der Waals surface area (Å²) in [6.45, 7) is 1.92. The fraction of sp³-hybridized carbons (Fsp3) is 0.118. The third-order valence-electron chi connectivity index (χ3n) is 4.34. The van der Waals surface area contributed by atoms with Crippen LogP contribution in [0.1, 0.15) is 5.56 Å². The largest absolute Gasteiger partial charge is 0.394 e. The first kappa shape index (κ1) is 15.6. The number of halogens is 1. The number of H-pyrrole nitrogens is 2. The van der Waals surface area contributed by atoms with Crippen LogP contribution in [-0.2, 0) is 0 Å². The van der Waals surface area contributed by atoms with Crippen molar-refractivity contribution in [2.45, 2.75) is 11.8 Å². The standard InChI is InChI=1S/C17H14FN5OS/c1-7-11(25-2)6-20-16-12(13(19)17(24)22-14(7)16)8-3-4-10(18)15-9(8)5-21-23-15/h3-6H,19H2,1-2H3,(H,21,23)(H,22,24). The second kappa shape index (κ2) is 5.59. The lowest BCUT2D eigenvalue weighted by Gasteiger charge is -2.13. The first-order valence-corrected chi connectivity index (χ1v) is 8.72. The molecule has 4 N–H and O–H groups in total. The molecule has 6 nitrogen and oxygen atoms in total. The van der Waals surface area contributed by atoms with E-state index in [1.807, 2.05) is 13.2 Å². The third-order valence-corrected chi connectivity index (χ3v) is 5.19. The van der Waals surface area contributed by atoms with Crippen molar-refractivity contribution in [3.05, 3.63) is 46.3 Å². The Balaban J connectivity index is 2.19. The Morgan fingerprint density at radius 1 is 1.24 bits per heavy atom. The van der Waals surface area contributed by atoms with E-state index in [1.165, 1.54) is 12.3 Å². The number of rotatable bonds is 2. The minimum Gasteiger partial charge on any atom is -0.394 e. The van der Waals surface area contributed by atoms with Gasteiger partial charge in [0, 0.05) is 22.0 Å². The van der Waals surface area contributed by atoms with E-state index >= 15 is 0 Å². The van der Waals surface area contributed by atoms with Gasteiger partial charge in [0.15, 0.2) is 0 Å². The maximum Gasteiger partial charge on any atom is 0.272 e. The molecule has 0 saturated carbocycles. The smallest absolute Gasteiger partial charge is 0.272 e. The highest BCUT2D eigenvalue weighted by Gasteiger charge is 2.19. The number of aromatic amines is 2. The summed E-state index contributed by atoms with van der Waals surface area (Å²) in [5.41, 5.74) is 9.22. The normalized spacial score (nSPS) is 11.5. The zero-order valence-corrected chi connectivity index (χ0v) is 14.3. The first-order chi connectivity index (χ1) is 12.0. The maximum absolute atomic E-state index is 14.0. The molecule has 0 aliphatic heterocycles. The second-order valence-electron chi connectivity index (χ2n) is 5.67. The summed E-state index contributed by atoms with van der Waals surface area (Å²) in [6.07, 6.45) is 5.21. The number of benzene rings is 1. The molecule has 1 aromatic carbocycles. The van der Waals surface area contributed by atoms with Gasteiger partial charge in [0.1, 0.15) is 17.0 Å². The van der Waals surface area contributed by atoms with E-state index in [4.69, 9.17) is 5.73 Å². The van der Waals surface area contributed by atoms with Crippen LogP contribution < -0.4 is 11.3 Å². The molecule has 0 radical (unpaired) electrons. The molecule has 0 saturated heterocycles. The Labute approximate surface area is 145 Å². The number of nitrogens with two attached hydrogens (primary N) is 1. The summed E-state index contributed by atoms with van der Waals surface area (Å²) in [4.78, 5) is 20.7. The highest BCUT2D eigenvalue weighted by Crippen LogP contribution is 2.37. The van der Waals surface area contributed by atoms with Crippen LogP contribution in [-0.4, -0.2) is 26.4 Å². The Bertz CT molecular complexity index is 1200. The second-order valence-corrected chi connectivity index (χ2v) is 6.52. The lowest BCUT2D eigenvalue weighted by Crippen LogP contribution is -2.14. The quantitative estimate of drug-likeness (QED) is 0.479. The van der Waals surface area contributed by atoms with Gasteiger partial charge in [-0.15, -0.1) is 11.8 Å². The van der Waals surface area contributed by atoms with Gasteiger partial charge in [-0.3, -0.25) is 14.9 Å². The zero-order chi connectivity index (χ0) is 17.7. The Morgan fingerprint density at radius 2 is 2.04 bits per heavy atom. The SMILES string of the molecule is CSc1cnc2c(-c3ccc(F)c4[nH]ncc34)c(N)c(=O)[nH]c2c1C. The summed E-state index contributed by atoms with van der Waals surface area (Å²) >= 11 is 1.55. The number of thioether (sulfide) groups is 1. The molecule has 3 heterocycles. The molecule has 0 unspecified atom stereocenters. The molecule has 0 aliphatic rings. The lowest BCUT2D eigenvalue weighted by molar-refractivity contribution is 0.636. The molecule has 25 heavy (non-hydrogen) atoms. The molecule has 8 heteroatoms. The van der Waals surface area contributed by atoms with E-state index in [9.17, 15) is 9.18 Å². The monoisotopic (exact) mass is 355 g/mol. The molecule has 126 valence electrons. The number of nitrogens with zero attached hydrogens (tertiary/aromatic N) is 2. The van der Waals surface area contributed by atoms with Crippen molar-refractivity contribution in [1.29, 1.82) is 0 Å². The van der Waals surface area contributed by atoms with Gasteiger partial charge >= 0.3 is 0 Å². The number of aryl methyl sites for hydroxylation is 1. The zero-order valence-electron chi connectivity index (χ0n) is 13.5. The fourth-order valence-corrected chi connectivity index (χ4v) is 3.61. The van der Waals surface area contributed by atoms with Crippen LogP contribution in [0.2, 0.25) is 0 Å².